The van der Waals surface area contributed by atoms with Gasteiger partial charge in [-0.05, 0) is 13.3 Å². The van der Waals surface area contributed by atoms with E-state index in [-0.39, 0.29) is 18.0 Å². The van der Waals surface area contributed by atoms with E-state index in [4.69, 9.17) is 0 Å². The molecule has 2 unspecified atom stereocenters. The first-order valence-corrected chi connectivity index (χ1v) is 6.60. The molecule has 1 saturated heterocycles. The first kappa shape index (κ1) is 13.1. The zero-order valence-corrected chi connectivity index (χ0v) is 11.3. The maximum absolute atomic E-state index is 12.2. The Hall–Kier alpha value is -1.36. The standard InChI is InChI=1S/C13H22N4O/c1-10(2)15-12-4-6-17(13(12)18)11(3)8-16-7-5-14-9-16/h5,7,9-12,15H,4,6,8H2,1-3H3. The van der Waals surface area contributed by atoms with Crippen LogP contribution in [0.4, 0.5) is 0 Å². The Balaban J connectivity index is 1.92. The number of aromatic nitrogens is 2. The number of nitrogens with zero attached hydrogens (tertiary/aromatic N) is 3. The predicted molar refractivity (Wildman–Crippen MR) is 70.1 cm³/mol. The summed E-state index contributed by atoms with van der Waals surface area (Å²) in [7, 11) is 0. The molecular weight excluding hydrogens is 228 g/mol. The quantitative estimate of drug-likeness (QED) is 0.843. The molecule has 5 heteroatoms. The summed E-state index contributed by atoms with van der Waals surface area (Å²) in [4.78, 5) is 18.2. The Bertz CT molecular complexity index is 388. The molecule has 0 spiro atoms. The molecule has 1 aliphatic rings. The van der Waals surface area contributed by atoms with Crippen molar-refractivity contribution in [1.29, 1.82) is 0 Å². The average molecular weight is 250 g/mol. The van der Waals surface area contributed by atoms with Gasteiger partial charge in [-0.3, -0.25) is 4.79 Å². The van der Waals surface area contributed by atoms with Gasteiger partial charge in [0.1, 0.15) is 0 Å². The second kappa shape index (κ2) is 5.52. The van der Waals surface area contributed by atoms with Gasteiger partial charge in [0, 0.05) is 37.6 Å². The maximum atomic E-state index is 12.2. The molecule has 1 aromatic heterocycles. The molecule has 0 aromatic carbocycles. The van der Waals surface area contributed by atoms with Crippen LogP contribution in [0.25, 0.3) is 0 Å². The third kappa shape index (κ3) is 2.90. The molecule has 5 nitrogen and oxygen atoms in total. The van der Waals surface area contributed by atoms with Gasteiger partial charge < -0.3 is 14.8 Å². The van der Waals surface area contributed by atoms with E-state index in [0.29, 0.717) is 6.04 Å². The molecule has 18 heavy (non-hydrogen) atoms. The number of hydrogen-bond acceptors (Lipinski definition) is 3. The van der Waals surface area contributed by atoms with Crippen molar-refractivity contribution in [2.24, 2.45) is 0 Å². The molecule has 0 bridgehead atoms. The van der Waals surface area contributed by atoms with Crippen molar-refractivity contribution in [3.63, 3.8) is 0 Å². The molecule has 1 aliphatic heterocycles. The molecule has 1 aromatic rings. The largest absolute Gasteiger partial charge is 0.337 e. The first-order chi connectivity index (χ1) is 8.58. The second-order valence-corrected chi connectivity index (χ2v) is 5.30. The van der Waals surface area contributed by atoms with E-state index < -0.39 is 0 Å². The molecule has 0 radical (unpaired) electrons. The van der Waals surface area contributed by atoms with E-state index in [1.165, 1.54) is 0 Å². The number of carbonyl (C=O) groups excluding carboxylic acids is 1. The molecule has 2 heterocycles. The normalized spacial score (nSPS) is 21.9. The summed E-state index contributed by atoms with van der Waals surface area (Å²) >= 11 is 0. The highest BCUT2D eigenvalue weighted by molar-refractivity contribution is 5.84. The van der Waals surface area contributed by atoms with Gasteiger partial charge >= 0.3 is 0 Å². The van der Waals surface area contributed by atoms with Crippen molar-refractivity contribution in [3.05, 3.63) is 18.7 Å². The predicted octanol–water partition coefficient (Wildman–Crippen LogP) is 0.870. The topological polar surface area (TPSA) is 50.2 Å². The summed E-state index contributed by atoms with van der Waals surface area (Å²) in [6, 6.07) is 0.559. The third-order valence-corrected chi connectivity index (χ3v) is 3.34. The lowest BCUT2D eigenvalue weighted by Crippen LogP contribution is -2.44. The van der Waals surface area contributed by atoms with Gasteiger partial charge in [-0.1, -0.05) is 13.8 Å². The fourth-order valence-electron chi connectivity index (χ4n) is 2.49. The second-order valence-electron chi connectivity index (χ2n) is 5.30. The van der Waals surface area contributed by atoms with Crippen LogP contribution in [0.5, 0.6) is 0 Å². The number of amides is 1. The number of rotatable bonds is 5. The third-order valence-electron chi connectivity index (χ3n) is 3.34. The Kier molecular flexibility index (Phi) is 4.01. The van der Waals surface area contributed by atoms with Crippen LogP contribution in [0.2, 0.25) is 0 Å². The molecule has 1 amide bonds. The van der Waals surface area contributed by atoms with Gasteiger partial charge in [-0.15, -0.1) is 0 Å². The molecule has 1 N–H and O–H groups in total. The van der Waals surface area contributed by atoms with Crippen molar-refractivity contribution in [3.8, 4) is 0 Å². The lowest BCUT2D eigenvalue weighted by atomic mass is 10.2. The van der Waals surface area contributed by atoms with Crippen LogP contribution in [0, 0.1) is 0 Å². The Labute approximate surface area is 108 Å². The van der Waals surface area contributed by atoms with Crippen LogP contribution in [-0.4, -0.2) is 45.0 Å². The zero-order valence-electron chi connectivity index (χ0n) is 11.3. The smallest absolute Gasteiger partial charge is 0.240 e. The Morgan fingerprint density at radius 2 is 2.28 bits per heavy atom. The zero-order chi connectivity index (χ0) is 13.1. The van der Waals surface area contributed by atoms with Gasteiger partial charge in [0.05, 0.1) is 12.4 Å². The van der Waals surface area contributed by atoms with Gasteiger partial charge in [0.25, 0.3) is 0 Å². The molecule has 100 valence electrons. The monoisotopic (exact) mass is 250 g/mol. The summed E-state index contributed by atoms with van der Waals surface area (Å²) in [5.74, 6) is 0.233. The SMILES string of the molecule is CC(C)NC1CCN(C(C)Cn2ccnc2)C1=O. The van der Waals surface area contributed by atoms with Crippen LogP contribution < -0.4 is 5.32 Å². The minimum atomic E-state index is -0.00441. The van der Waals surface area contributed by atoms with E-state index in [0.717, 1.165) is 19.5 Å². The van der Waals surface area contributed by atoms with Crippen LogP contribution in [-0.2, 0) is 11.3 Å². The minimum Gasteiger partial charge on any atom is -0.337 e. The summed E-state index contributed by atoms with van der Waals surface area (Å²) in [6.45, 7) is 7.89. The van der Waals surface area contributed by atoms with Gasteiger partial charge in [0.15, 0.2) is 0 Å². The highest BCUT2D eigenvalue weighted by Crippen LogP contribution is 2.16. The van der Waals surface area contributed by atoms with Crippen LogP contribution in [0.15, 0.2) is 18.7 Å². The van der Waals surface area contributed by atoms with E-state index in [1.807, 2.05) is 15.7 Å². The summed E-state index contributed by atoms with van der Waals surface area (Å²) in [5, 5.41) is 3.32. The summed E-state index contributed by atoms with van der Waals surface area (Å²) < 4.78 is 2.02. The number of hydrogen-bond donors (Lipinski definition) is 1. The van der Waals surface area contributed by atoms with Crippen molar-refractivity contribution in [1.82, 2.24) is 19.8 Å². The molecule has 1 fully saturated rings. The van der Waals surface area contributed by atoms with E-state index in [9.17, 15) is 4.79 Å². The van der Waals surface area contributed by atoms with Gasteiger partial charge in [-0.25, -0.2) is 4.98 Å². The van der Waals surface area contributed by atoms with Crippen molar-refractivity contribution >= 4 is 5.91 Å². The summed E-state index contributed by atoms with van der Waals surface area (Å²) in [6.07, 6.45) is 6.40. The molecule has 2 atom stereocenters. The van der Waals surface area contributed by atoms with E-state index in [2.05, 4.69) is 31.1 Å². The highest BCUT2D eigenvalue weighted by atomic mass is 16.2. The Morgan fingerprint density at radius 3 is 2.89 bits per heavy atom. The number of likely N-dealkylation sites (tertiary alicyclic amines) is 1. The highest BCUT2D eigenvalue weighted by Gasteiger charge is 2.34. The van der Waals surface area contributed by atoms with Crippen LogP contribution in [0.3, 0.4) is 0 Å². The summed E-state index contributed by atoms with van der Waals surface area (Å²) in [5.41, 5.74) is 0. The van der Waals surface area contributed by atoms with Crippen LogP contribution in [0.1, 0.15) is 27.2 Å². The lowest BCUT2D eigenvalue weighted by Gasteiger charge is -2.25. The number of imidazole rings is 1. The van der Waals surface area contributed by atoms with Crippen molar-refractivity contribution in [2.75, 3.05) is 6.54 Å². The fourth-order valence-corrected chi connectivity index (χ4v) is 2.49. The van der Waals surface area contributed by atoms with Gasteiger partial charge in [0.2, 0.25) is 5.91 Å². The molecular formula is C13H22N4O. The lowest BCUT2D eigenvalue weighted by molar-refractivity contribution is -0.131. The van der Waals surface area contributed by atoms with Crippen LogP contribution >= 0.6 is 0 Å². The molecule has 2 rings (SSSR count). The molecule has 0 saturated carbocycles. The number of nitrogens with one attached hydrogen (secondary N) is 1. The average Bonchev–Trinajstić information content (AvgIpc) is 2.90. The Morgan fingerprint density at radius 1 is 1.50 bits per heavy atom. The minimum absolute atomic E-state index is 0.00441. The van der Waals surface area contributed by atoms with Gasteiger partial charge in [-0.2, -0.15) is 0 Å². The maximum Gasteiger partial charge on any atom is 0.240 e. The van der Waals surface area contributed by atoms with E-state index >= 15 is 0 Å². The van der Waals surface area contributed by atoms with E-state index in [1.54, 1.807) is 12.5 Å². The fraction of sp³-hybridized carbons (Fsp3) is 0.692. The number of carbonyl (C=O) groups is 1. The van der Waals surface area contributed by atoms with Crippen molar-refractivity contribution < 1.29 is 4.79 Å². The first-order valence-electron chi connectivity index (χ1n) is 6.60. The molecule has 0 aliphatic carbocycles. The van der Waals surface area contributed by atoms with Crippen molar-refractivity contribution in [2.45, 2.75) is 51.9 Å².